The molecule has 80 valence electrons. The lowest BCUT2D eigenvalue weighted by Gasteiger charge is -2.14. The minimum atomic E-state index is -3.18. The van der Waals surface area contributed by atoms with Crippen LogP contribution < -0.4 is 4.72 Å². The molecule has 0 aliphatic carbocycles. The Morgan fingerprint density at radius 1 is 1.64 bits per heavy atom. The molecule has 0 aromatic carbocycles. The minimum absolute atomic E-state index is 0.150. The van der Waals surface area contributed by atoms with Gasteiger partial charge in [0.2, 0.25) is 15.9 Å². The lowest BCUT2D eigenvalue weighted by atomic mass is 10.3. The van der Waals surface area contributed by atoms with Crippen molar-refractivity contribution in [3.05, 3.63) is 12.7 Å². The Bertz CT molecular complexity index is 336. The molecule has 0 bridgehead atoms. The number of carbonyl (C=O) groups excluding carboxylic acids is 1. The average molecular weight is 218 g/mol. The first-order chi connectivity index (χ1) is 6.42. The maximum Gasteiger partial charge on any atom is 0.246 e. The van der Waals surface area contributed by atoms with Gasteiger partial charge in [-0.2, -0.15) is 0 Å². The molecule has 1 aliphatic rings. The van der Waals surface area contributed by atoms with E-state index in [1.807, 2.05) is 0 Å². The largest absolute Gasteiger partial charge is 0.338 e. The Hall–Kier alpha value is -0.880. The van der Waals surface area contributed by atoms with Crippen LogP contribution in [0.4, 0.5) is 0 Å². The quantitative estimate of drug-likeness (QED) is 0.638. The second-order valence-corrected chi connectivity index (χ2v) is 5.14. The van der Waals surface area contributed by atoms with E-state index in [1.165, 1.54) is 6.08 Å². The van der Waals surface area contributed by atoms with Gasteiger partial charge < -0.3 is 4.90 Å². The molecule has 1 saturated heterocycles. The van der Waals surface area contributed by atoms with Crippen molar-refractivity contribution >= 4 is 15.9 Å². The average Bonchev–Trinajstić information content (AvgIpc) is 2.48. The Morgan fingerprint density at radius 3 is 2.79 bits per heavy atom. The molecule has 0 saturated carbocycles. The molecule has 1 fully saturated rings. The van der Waals surface area contributed by atoms with Crippen LogP contribution in [-0.2, 0) is 14.8 Å². The summed E-state index contributed by atoms with van der Waals surface area (Å²) in [5, 5.41) is 0. The van der Waals surface area contributed by atoms with Gasteiger partial charge in [-0.05, 0) is 12.5 Å². The van der Waals surface area contributed by atoms with Crippen LogP contribution in [0.15, 0.2) is 12.7 Å². The van der Waals surface area contributed by atoms with Crippen molar-refractivity contribution < 1.29 is 13.2 Å². The molecular weight excluding hydrogens is 204 g/mol. The van der Waals surface area contributed by atoms with Crippen molar-refractivity contribution in [1.82, 2.24) is 9.62 Å². The Kier molecular flexibility index (Phi) is 3.28. The fraction of sp³-hybridized carbons (Fsp3) is 0.625. The molecule has 1 amide bonds. The first-order valence-electron chi connectivity index (χ1n) is 4.31. The van der Waals surface area contributed by atoms with Crippen LogP contribution in [0.1, 0.15) is 6.42 Å². The Labute approximate surface area is 83.8 Å². The van der Waals surface area contributed by atoms with Crippen molar-refractivity contribution in [3.8, 4) is 0 Å². The number of amides is 1. The molecule has 0 spiro atoms. The highest BCUT2D eigenvalue weighted by Gasteiger charge is 2.26. The van der Waals surface area contributed by atoms with Gasteiger partial charge in [-0.1, -0.05) is 6.58 Å². The van der Waals surface area contributed by atoms with Gasteiger partial charge in [0.1, 0.15) is 0 Å². The highest BCUT2D eigenvalue weighted by molar-refractivity contribution is 7.88. The molecule has 1 atom stereocenters. The Morgan fingerprint density at radius 2 is 2.29 bits per heavy atom. The second kappa shape index (κ2) is 4.10. The van der Waals surface area contributed by atoms with Crippen LogP contribution in [0.25, 0.3) is 0 Å². The van der Waals surface area contributed by atoms with E-state index in [1.54, 1.807) is 4.90 Å². The maximum atomic E-state index is 11.2. The van der Waals surface area contributed by atoms with E-state index in [0.29, 0.717) is 19.5 Å². The number of sulfonamides is 1. The summed E-state index contributed by atoms with van der Waals surface area (Å²) in [6, 6.07) is -0.158. The number of nitrogens with one attached hydrogen (secondary N) is 1. The number of likely N-dealkylation sites (tertiary alicyclic amines) is 1. The van der Waals surface area contributed by atoms with Crippen molar-refractivity contribution in [3.63, 3.8) is 0 Å². The first-order valence-corrected chi connectivity index (χ1v) is 6.20. The fourth-order valence-corrected chi connectivity index (χ4v) is 2.29. The van der Waals surface area contributed by atoms with Crippen molar-refractivity contribution in [2.24, 2.45) is 0 Å². The van der Waals surface area contributed by atoms with Crippen molar-refractivity contribution in [1.29, 1.82) is 0 Å². The van der Waals surface area contributed by atoms with E-state index < -0.39 is 10.0 Å². The number of nitrogens with zero attached hydrogens (tertiary/aromatic N) is 1. The predicted octanol–water partition coefficient (Wildman–Crippen LogP) is -0.677. The van der Waals surface area contributed by atoms with Crippen LogP contribution in [0.2, 0.25) is 0 Å². The van der Waals surface area contributed by atoms with E-state index >= 15 is 0 Å². The zero-order valence-electron chi connectivity index (χ0n) is 8.06. The minimum Gasteiger partial charge on any atom is -0.338 e. The monoisotopic (exact) mass is 218 g/mol. The van der Waals surface area contributed by atoms with Gasteiger partial charge in [0, 0.05) is 19.1 Å². The molecule has 5 nitrogen and oxygen atoms in total. The zero-order valence-corrected chi connectivity index (χ0v) is 8.88. The molecule has 0 aromatic rings. The van der Waals surface area contributed by atoms with Crippen LogP contribution in [0.5, 0.6) is 0 Å². The standard InChI is InChI=1S/C8H14N2O3S/c1-3-8(11)10-5-4-7(6-10)9-14(2,12)13/h3,7,9H,1,4-6H2,2H3/t7-/m0/s1. The molecular formula is C8H14N2O3S. The van der Waals surface area contributed by atoms with Gasteiger partial charge in [0.25, 0.3) is 0 Å². The molecule has 1 N–H and O–H groups in total. The summed E-state index contributed by atoms with van der Waals surface area (Å²) < 4.78 is 24.3. The molecule has 0 radical (unpaired) electrons. The van der Waals surface area contributed by atoms with E-state index in [4.69, 9.17) is 0 Å². The molecule has 0 aromatic heterocycles. The van der Waals surface area contributed by atoms with Gasteiger partial charge in [0.05, 0.1) is 6.26 Å². The number of hydrogen-bond acceptors (Lipinski definition) is 3. The second-order valence-electron chi connectivity index (χ2n) is 3.36. The van der Waals surface area contributed by atoms with Crippen molar-refractivity contribution in [2.75, 3.05) is 19.3 Å². The molecule has 6 heteroatoms. The highest BCUT2D eigenvalue weighted by atomic mass is 32.2. The molecule has 14 heavy (non-hydrogen) atoms. The predicted molar refractivity (Wildman–Crippen MR) is 53.2 cm³/mol. The van der Waals surface area contributed by atoms with Crippen LogP contribution in [0, 0.1) is 0 Å². The Balaban J connectivity index is 2.50. The third-order valence-electron chi connectivity index (χ3n) is 2.06. The third kappa shape index (κ3) is 3.12. The number of hydrogen-bond donors (Lipinski definition) is 1. The summed E-state index contributed by atoms with van der Waals surface area (Å²) in [5.74, 6) is -0.150. The van der Waals surface area contributed by atoms with Crippen molar-refractivity contribution in [2.45, 2.75) is 12.5 Å². The van der Waals surface area contributed by atoms with E-state index in [9.17, 15) is 13.2 Å². The van der Waals surface area contributed by atoms with Crippen LogP contribution >= 0.6 is 0 Å². The summed E-state index contributed by atoms with van der Waals surface area (Å²) >= 11 is 0. The third-order valence-corrected chi connectivity index (χ3v) is 2.82. The lowest BCUT2D eigenvalue weighted by Crippen LogP contribution is -2.37. The summed E-state index contributed by atoms with van der Waals surface area (Å²) in [5.41, 5.74) is 0. The molecule has 1 aliphatic heterocycles. The summed E-state index contributed by atoms with van der Waals surface area (Å²) in [6.07, 6.45) is 3.01. The lowest BCUT2D eigenvalue weighted by molar-refractivity contribution is -0.125. The SMILES string of the molecule is C=CC(=O)N1CC[C@H](NS(C)(=O)=O)C1. The smallest absolute Gasteiger partial charge is 0.246 e. The van der Waals surface area contributed by atoms with Gasteiger partial charge in [0.15, 0.2) is 0 Å². The van der Waals surface area contributed by atoms with Gasteiger partial charge in [-0.3, -0.25) is 4.79 Å². The normalized spacial score (nSPS) is 22.4. The molecule has 0 unspecified atom stereocenters. The molecule has 1 rings (SSSR count). The highest BCUT2D eigenvalue weighted by Crippen LogP contribution is 2.09. The van der Waals surface area contributed by atoms with E-state index in [0.717, 1.165) is 6.26 Å². The maximum absolute atomic E-state index is 11.2. The topological polar surface area (TPSA) is 66.5 Å². The number of carbonyl (C=O) groups is 1. The van der Waals surface area contributed by atoms with Gasteiger partial charge in [-0.25, -0.2) is 13.1 Å². The summed E-state index contributed by atoms with van der Waals surface area (Å²) in [7, 11) is -3.18. The van der Waals surface area contributed by atoms with Gasteiger partial charge in [-0.15, -0.1) is 0 Å². The zero-order chi connectivity index (χ0) is 10.8. The van der Waals surface area contributed by atoms with Crippen LogP contribution in [0.3, 0.4) is 0 Å². The fourth-order valence-electron chi connectivity index (χ4n) is 1.49. The summed E-state index contributed by atoms with van der Waals surface area (Å²) in [6.45, 7) is 4.38. The van der Waals surface area contributed by atoms with E-state index in [-0.39, 0.29) is 11.9 Å². The molecule has 1 heterocycles. The van der Waals surface area contributed by atoms with Gasteiger partial charge >= 0.3 is 0 Å². The first kappa shape index (κ1) is 11.2. The summed E-state index contributed by atoms with van der Waals surface area (Å²) in [4.78, 5) is 12.7. The van der Waals surface area contributed by atoms with E-state index in [2.05, 4.69) is 11.3 Å². The number of rotatable bonds is 3. The van der Waals surface area contributed by atoms with Crippen LogP contribution in [-0.4, -0.2) is 44.6 Å².